The molecular weight excluding hydrogens is 310 g/mol. The zero-order valence-corrected chi connectivity index (χ0v) is 15.0. The number of nitrogens with zero attached hydrogens (tertiary/aromatic N) is 2. The second kappa shape index (κ2) is 7.21. The summed E-state index contributed by atoms with van der Waals surface area (Å²) in [6, 6.07) is 18.4. The third-order valence-corrected chi connectivity index (χ3v) is 4.08. The highest BCUT2D eigenvalue weighted by molar-refractivity contribution is 5.66. The second-order valence-corrected chi connectivity index (χ2v) is 7.01. The number of aliphatic hydroxyl groups is 1. The van der Waals surface area contributed by atoms with E-state index in [4.69, 9.17) is 5.10 Å². The maximum absolute atomic E-state index is 9.93. The lowest BCUT2D eigenvalue weighted by molar-refractivity contribution is 0.0795. The number of hydrogen-bond acceptors (Lipinski definition) is 3. The van der Waals surface area contributed by atoms with Crippen LogP contribution in [0, 0.1) is 6.92 Å². The van der Waals surface area contributed by atoms with Gasteiger partial charge >= 0.3 is 0 Å². The van der Waals surface area contributed by atoms with Gasteiger partial charge < -0.3 is 10.4 Å². The Kier molecular flexibility index (Phi) is 5.02. The van der Waals surface area contributed by atoms with E-state index in [0.29, 0.717) is 13.1 Å². The molecule has 3 aromatic rings. The van der Waals surface area contributed by atoms with Crippen molar-refractivity contribution in [1.82, 2.24) is 15.1 Å². The van der Waals surface area contributed by atoms with Crippen LogP contribution in [0.4, 0.5) is 0 Å². The standard InChI is InChI=1S/C21H25N3O/c1-16-9-7-8-12-19(16)20-17(13-22-15-21(2,3)25)14-24(23-20)18-10-5-4-6-11-18/h4-12,14,22,25H,13,15H2,1-3H3. The van der Waals surface area contributed by atoms with Crippen molar-refractivity contribution in [3.8, 4) is 16.9 Å². The van der Waals surface area contributed by atoms with Gasteiger partial charge in [0.15, 0.2) is 0 Å². The van der Waals surface area contributed by atoms with Crippen LogP contribution in [0.1, 0.15) is 25.0 Å². The quantitative estimate of drug-likeness (QED) is 0.722. The molecule has 1 heterocycles. The van der Waals surface area contributed by atoms with Gasteiger partial charge in [0.1, 0.15) is 0 Å². The van der Waals surface area contributed by atoms with E-state index in [1.165, 1.54) is 5.56 Å². The molecular formula is C21H25N3O. The molecule has 4 nitrogen and oxygen atoms in total. The largest absolute Gasteiger partial charge is 0.389 e. The molecule has 0 radical (unpaired) electrons. The monoisotopic (exact) mass is 335 g/mol. The van der Waals surface area contributed by atoms with E-state index in [1.807, 2.05) is 47.1 Å². The van der Waals surface area contributed by atoms with Crippen LogP contribution in [0.25, 0.3) is 16.9 Å². The molecule has 0 saturated heterocycles. The van der Waals surface area contributed by atoms with Crippen LogP contribution in [0.5, 0.6) is 0 Å². The van der Waals surface area contributed by atoms with Crippen LogP contribution in [-0.4, -0.2) is 27.0 Å². The molecule has 2 N–H and O–H groups in total. The van der Waals surface area contributed by atoms with Gasteiger partial charge in [0, 0.05) is 30.4 Å². The predicted octanol–water partition coefficient (Wildman–Crippen LogP) is 3.71. The molecule has 0 aliphatic heterocycles. The Morgan fingerprint density at radius 2 is 1.72 bits per heavy atom. The Morgan fingerprint density at radius 3 is 2.40 bits per heavy atom. The molecule has 130 valence electrons. The van der Waals surface area contributed by atoms with Crippen molar-refractivity contribution in [2.45, 2.75) is 32.9 Å². The Bertz CT molecular complexity index is 832. The fraction of sp³-hybridized carbons (Fsp3) is 0.286. The van der Waals surface area contributed by atoms with Crippen molar-refractivity contribution in [3.05, 3.63) is 71.9 Å². The van der Waals surface area contributed by atoms with Gasteiger partial charge in [-0.15, -0.1) is 0 Å². The van der Waals surface area contributed by atoms with Crippen LogP contribution < -0.4 is 5.32 Å². The highest BCUT2D eigenvalue weighted by Gasteiger charge is 2.16. The number of rotatable bonds is 6. The van der Waals surface area contributed by atoms with Gasteiger partial charge in [0.25, 0.3) is 0 Å². The average Bonchev–Trinajstić information content (AvgIpc) is 2.99. The van der Waals surface area contributed by atoms with Crippen molar-refractivity contribution in [1.29, 1.82) is 0 Å². The summed E-state index contributed by atoms with van der Waals surface area (Å²) in [5.41, 5.74) is 4.72. The van der Waals surface area contributed by atoms with Gasteiger partial charge in [-0.05, 0) is 38.5 Å². The average molecular weight is 335 g/mol. The van der Waals surface area contributed by atoms with Gasteiger partial charge in [-0.2, -0.15) is 5.10 Å². The van der Waals surface area contributed by atoms with Gasteiger partial charge in [-0.1, -0.05) is 42.5 Å². The molecule has 0 bridgehead atoms. The van der Waals surface area contributed by atoms with Crippen molar-refractivity contribution in [3.63, 3.8) is 0 Å². The topological polar surface area (TPSA) is 50.1 Å². The minimum Gasteiger partial charge on any atom is -0.389 e. The minimum atomic E-state index is -0.738. The van der Waals surface area contributed by atoms with E-state index in [9.17, 15) is 5.11 Å². The Morgan fingerprint density at radius 1 is 1.04 bits per heavy atom. The number of hydrogen-bond donors (Lipinski definition) is 2. The number of aryl methyl sites for hydroxylation is 1. The number of benzene rings is 2. The highest BCUT2D eigenvalue weighted by atomic mass is 16.3. The first kappa shape index (κ1) is 17.4. The number of para-hydroxylation sites is 1. The summed E-state index contributed by atoms with van der Waals surface area (Å²) in [6.45, 7) is 6.88. The maximum Gasteiger partial charge on any atom is 0.0975 e. The molecule has 3 rings (SSSR count). The van der Waals surface area contributed by atoms with Crippen molar-refractivity contribution in [2.24, 2.45) is 0 Å². The molecule has 2 aromatic carbocycles. The first-order valence-electron chi connectivity index (χ1n) is 8.57. The summed E-state index contributed by atoms with van der Waals surface area (Å²) in [5.74, 6) is 0. The molecule has 0 aliphatic rings. The lowest BCUT2D eigenvalue weighted by atomic mass is 10.0. The third kappa shape index (κ3) is 4.35. The first-order chi connectivity index (χ1) is 11.9. The van der Waals surface area contributed by atoms with Gasteiger partial charge in [0.2, 0.25) is 0 Å². The maximum atomic E-state index is 9.93. The van der Waals surface area contributed by atoms with Crippen molar-refractivity contribution >= 4 is 0 Å². The summed E-state index contributed by atoms with van der Waals surface area (Å²) in [7, 11) is 0. The number of nitrogens with one attached hydrogen (secondary N) is 1. The molecule has 0 atom stereocenters. The van der Waals surface area contributed by atoms with E-state index in [0.717, 1.165) is 22.5 Å². The number of aromatic nitrogens is 2. The zero-order chi connectivity index (χ0) is 17.9. The van der Waals surface area contributed by atoms with Gasteiger partial charge in [0.05, 0.1) is 17.0 Å². The molecule has 0 unspecified atom stereocenters. The molecule has 0 spiro atoms. The Balaban J connectivity index is 1.97. The Hall–Kier alpha value is -2.43. The highest BCUT2D eigenvalue weighted by Crippen LogP contribution is 2.26. The van der Waals surface area contributed by atoms with Gasteiger partial charge in [-0.25, -0.2) is 4.68 Å². The zero-order valence-electron chi connectivity index (χ0n) is 15.0. The van der Waals surface area contributed by atoms with E-state index >= 15 is 0 Å². The summed E-state index contributed by atoms with van der Waals surface area (Å²) in [6.07, 6.45) is 2.06. The van der Waals surface area contributed by atoms with E-state index in [-0.39, 0.29) is 0 Å². The smallest absolute Gasteiger partial charge is 0.0975 e. The van der Waals surface area contributed by atoms with Crippen LogP contribution >= 0.6 is 0 Å². The van der Waals surface area contributed by atoms with Crippen molar-refractivity contribution < 1.29 is 5.11 Å². The molecule has 25 heavy (non-hydrogen) atoms. The molecule has 0 amide bonds. The van der Waals surface area contributed by atoms with Crippen LogP contribution in [0.15, 0.2) is 60.8 Å². The van der Waals surface area contributed by atoms with Crippen LogP contribution in [0.3, 0.4) is 0 Å². The Labute approximate surface area is 149 Å². The minimum absolute atomic E-state index is 0.525. The second-order valence-electron chi connectivity index (χ2n) is 7.01. The fourth-order valence-corrected chi connectivity index (χ4v) is 2.82. The normalized spacial score (nSPS) is 11.7. The first-order valence-corrected chi connectivity index (χ1v) is 8.57. The molecule has 0 saturated carbocycles. The molecule has 0 fully saturated rings. The van der Waals surface area contributed by atoms with Crippen molar-refractivity contribution in [2.75, 3.05) is 6.54 Å². The molecule has 4 heteroatoms. The summed E-state index contributed by atoms with van der Waals surface area (Å²) >= 11 is 0. The lowest BCUT2D eigenvalue weighted by Gasteiger charge is -2.17. The summed E-state index contributed by atoms with van der Waals surface area (Å²) < 4.78 is 1.92. The van der Waals surface area contributed by atoms with E-state index < -0.39 is 5.60 Å². The van der Waals surface area contributed by atoms with E-state index in [1.54, 1.807) is 13.8 Å². The summed E-state index contributed by atoms with van der Waals surface area (Å²) in [5, 5.41) is 18.1. The van der Waals surface area contributed by atoms with Crippen LogP contribution in [-0.2, 0) is 6.54 Å². The van der Waals surface area contributed by atoms with E-state index in [2.05, 4.69) is 30.6 Å². The van der Waals surface area contributed by atoms with Gasteiger partial charge in [-0.3, -0.25) is 0 Å². The molecule has 1 aromatic heterocycles. The fourth-order valence-electron chi connectivity index (χ4n) is 2.82. The molecule has 0 aliphatic carbocycles. The predicted molar refractivity (Wildman–Crippen MR) is 102 cm³/mol. The lowest BCUT2D eigenvalue weighted by Crippen LogP contribution is -2.34. The summed E-state index contributed by atoms with van der Waals surface area (Å²) in [4.78, 5) is 0. The SMILES string of the molecule is Cc1ccccc1-c1nn(-c2ccccc2)cc1CNCC(C)(C)O. The third-order valence-electron chi connectivity index (χ3n) is 4.08. The van der Waals surface area contributed by atoms with Crippen LogP contribution in [0.2, 0.25) is 0 Å².